The van der Waals surface area contributed by atoms with Gasteiger partial charge >= 0.3 is 0 Å². The van der Waals surface area contributed by atoms with Crippen LogP contribution in [0.5, 0.6) is 0 Å². The zero-order chi connectivity index (χ0) is 47.7. The average molecular weight is 945 g/mol. The van der Waals surface area contributed by atoms with E-state index in [-0.39, 0.29) is 45.9 Å². The van der Waals surface area contributed by atoms with E-state index in [1.165, 1.54) is 46.9 Å². The number of thiophene rings is 2. The summed E-state index contributed by atoms with van der Waals surface area (Å²) in [6.07, 6.45) is 14.7. The first-order chi connectivity index (χ1) is 31.8. The van der Waals surface area contributed by atoms with Gasteiger partial charge in [-0.2, -0.15) is 0 Å². The van der Waals surface area contributed by atoms with E-state index in [4.69, 9.17) is 0 Å². The van der Waals surface area contributed by atoms with Gasteiger partial charge in [0.15, 0.2) is 0 Å². The Morgan fingerprint density at radius 3 is 1.18 bits per heavy atom. The van der Waals surface area contributed by atoms with Crippen molar-refractivity contribution in [3.63, 3.8) is 0 Å². The van der Waals surface area contributed by atoms with Gasteiger partial charge in [-0.05, 0) is 122 Å². The molecule has 4 aromatic rings. The van der Waals surface area contributed by atoms with Crippen molar-refractivity contribution in [3.8, 4) is 20.9 Å². The van der Waals surface area contributed by atoms with Crippen LogP contribution in [-0.4, -0.2) is 34.7 Å². The van der Waals surface area contributed by atoms with E-state index >= 15 is 27.2 Å². The first kappa shape index (κ1) is 51.4. The molecular formula is C56H72F4N2O2S2. The van der Waals surface area contributed by atoms with Crippen LogP contribution in [0, 0.1) is 46.9 Å². The number of unbranched alkanes of at least 4 members (excludes halogenated alkanes) is 3. The molecule has 0 fully saturated rings. The molecule has 2 aliphatic heterocycles. The maximum atomic E-state index is 16.1. The summed E-state index contributed by atoms with van der Waals surface area (Å²) >= 11 is 2.37. The summed E-state index contributed by atoms with van der Waals surface area (Å²) in [6.45, 7) is 17.8. The number of carbonyl (C=O) groups excluding carboxylic acids is 2. The maximum Gasteiger partial charge on any atom is 0.261 e. The number of rotatable bonds is 26. The van der Waals surface area contributed by atoms with Crippen molar-refractivity contribution in [2.24, 2.45) is 23.7 Å². The molecule has 0 spiro atoms. The summed E-state index contributed by atoms with van der Waals surface area (Å²) in [4.78, 5) is 35.9. The number of benzene rings is 2. The number of carbonyl (C=O) groups is 2. The number of fused-ring (bicyclic) bond motifs is 1. The van der Waals surface area contributed by atoms with Crippen LogP contribution in [0.15, 0.2) is 59.7 Å². The van der Waals surface area contributed by atoms with Gasteiger partial charge in [0, 0.05) is 22.8 Å². The largest absolute Gasteiger partial charge is 0.306 e. The fourth-order valence-electron chi connectivity index (χ4n) is 9.69. The molecule has 10 heteroatoms. The van der Waals surface area contributed by atoms with Gasteiger partial charge in [-0.25, -0.2) is 17.6 Å². The second-order valence-corrected chi connectivity index (χ2v) is 21.4. The van der Waals surface area contributed by atoms with Crippen LogP contribution in [0.2, 0.25) is 0 Å². The van der Waals surface area contributed by atoms with Crippen LogP contribution < -0.4 is 0 Å². The zero-order valence-corrected chi connectivity index (χ0v) is 42.3. The van der Waals surface area contributed by atoms with Gasteiger partial charge in [0.25, 0.3) is 11.8 Å². The fourth-order valence-corrected chi connectivity index (χ4v) is 11.9. The lowest BCUT2D eigenvalue weighted by atomic mass is 9.92. The quantitative estimate of drug-likeness (QED) is 0.0589. The van der Waals surface area contributed by atoms with E-state index in [1.54, 1.807) is 34.1 Å². The molecule has 0 N–H and O–H groups in total. The second-order valence-electron chi connectivity index (χ2n) is 19.2. The molecule has 4 heterocycles. The Bertz CT molecular complexity index is 2330. The molecule has 6 rings (SSSR count). The van der Waals surface area contributed by atoms with E-state index in [1.807, 2.05) is 0 Å². The number of halogens is 4. The molecular weight excluding hydrogens is 873 g/mol. The van der Waals surface area contributed by atoms with Crippen molar-refractivity contribution in [2.45, 2.75) is 158 Å². The minimum absolute atomic E-state index is 0.111. The third-order valence-electron chi connectivity index (χ3n) is 13.9. The molecule has 66 heavy (non-hydrogen) atoms. The average Bonchev–Trinajstić information content (AvgIpc) is 4.08. The summed E-state index contributed by atoms with van der Waals surface area (Å²) in [5.41, 5.74) is 2.51. The molecule has 0 saturated heterocycles. The van der Waals surface area contributed by atoms with Crippen molar-refractivity contribution in [1.82, 2.24) is 9.80 Å². The molecule has 3 atom stereocenters. The van der Waals surface area contributed by atoms with Crippen LogP contribution in [0.3, 0.4) is 0 Å². The zero-order valence-electron chi connectivity index (χ0n) is 40.7. The number of aryl methyl sites for hydroxylation is 2. The van der Waals surface area contributed by atoms with Crippen LogP contribution in [-0.2, 0) is 22.4 Å². The van der Waals surface area contributed by atoms with E-state index in [0.29, 0.717) is 79.8 Å². The summed E-state index contributed by atoms with van der Waals surface area (Å²) < 4.78 is 64.0. The molecule has 3 unspecified atom stereocenters. The lowest BCUT2D eigenvalue weighted by Crippen LogP contribution is -2.34. The summed E-state index contributed by atoms with van der Waals surface area (Å²) in [5.74, 6) is -1.94. The second kappa shape index (κ2) is 23.8. The Hall–Kier alpha value is -4.02. The number of nitrogens with zero attached hydrogens (tertiary/aromatic N) is 2. The minimum atomic E-state index is -0.642. The van der Waals surface area contributed by atoms with Crippen LogP contribution >= 0.6 is 22.7 Å². The predicted octanol–water partition coefficient (Wildman–Crippen LogP) is 16.7. The van der Waals surface area contributed by atoms with Gasteiger partial charge in [0.2, 0.25) is 0 Å². The van der Waals surface area contributed by atoms with Gasteiger partial charge in [0.1, 0.15) is 23.3 Å². The Balaban J connectivity index is 1.47. The monoisotopic (exact) mass is 944 g/mol. The Morgan fingerprint density at radius 1 is 0.485 bits per heavy atom. The molecule has 2 aromatic carbocycles. The molecule has 0 radical (unpaired) electrons. The summed E-state index contributed by atoms with van der Waals surface area (Å²) in [7, 11) is 0. The van der Waals surface area contributed by atoms with E-state index < -0.39 is 23.3 Å². The van der Waals surface area contributed by atoms with Gasteiger partial charge in [0.05, 0.1) is 43.4 Å². The molecule has 0 saturated carbocycles. The highest BCUT2D eigenvalue weighted by Crippen LogP contribution is 2.51. The summed E-state index contributed by atoms with van der Waals surface area (Å²) in [5, 5.41) is 0. The van der Waals surface area contributed by atoms with Crippen molar-refractivity contribution in [2.75, 3.05) is 13.1 Å². The highest BCUT2D eigenvalue weighted by atomic mass is 32.1. The van der Waals surface area contributed by atoms with Gasteiger partial charge in [-0.15, -0.1) is 22.7 Å². The standard InChI is InChI=1S/C56H72F4N2O2S2/c1-9-15-18-36(12-4)23-24-40-31-43(59)50(44(60)32-40)46-26-28-48(66-46)54-52-51(55(63)62(54)34-38(14-6)20-17-11-3)53(61(56(52)64)33-37(13-5)19-16-10-2)47-27-25-45(65-47)49-41(57)29-39(30-42(49)58)22-21-35(7)8/h25-32,35-38H,9-24,33-34H2,1-8H3. The first-order valence-corrected chi connectivity index (χ1v) is 26.7. The van der Waals surface area contributed by atoms with Gasteiger partial charge in [-0.1, -0.05) is 120 Å². The smallest absolute Gasteiger partial charge is 0.261 e. The van der Waals surface area contributed by atoms with Crippen molar-refractivity contribution in [1.29, 1.82) is 0 Å². The van der Waals surface area contributed by atoms with E-state index in [9.17, 15) is 0 Å². The highest BCUT2D eigenvalue weighted by molar-refractivity contribution is 7.17. The van der Waals surface area contributed by atoms with Crippen molar-refractivity contribution >= 4 is 45.9 Å². The van der Waals surface area contributed by atoms with Gasteiger partial charge < -0.3 is 9.80 Å². The van der Waals surface area contributed by atoms with Gasteiger partial charge in [-0.3, -0.25) is 9.59 Å². The normalized spacial score (nSPS) is 15.6. The molecule has 2 amide bonds. The maximum absolute atomic E-state index is 16.1. The molecule has 0 aliphatic carbocycles. The van der Waals surface area contributed by atoms with Crippen molar-refractivity contribution in [3.05, 3.63) is 104 Å². The fraction of sp³-hybridized carbons (Fsp3) is 0.536. The lowest BCUT2D eigenvalue weighted by molar-refractivity contribution is -0.124. The topological polar surface area (TPSA) is 40.6 Å². The Labute approximate surface area is 400 Å². The summed E-state index contributed by atoms with van der Waals surface area (Å²) in [6, 6.07) is 12.7. The molecule has 2 aliphatic rings. The molecule has 358 valence electrons. The Morgan fingerprint density at radius 2 is 0.833 bits per heavy atom. The number of hydrogen-bond acceptors (Lipinski definition) is 4. The highest BCUT2D eigenvalue weighted by Gasteiger charge is 2.50. The van der Waals surface area contributed by atoms with E-state index in [0.717, 1.165) is 89.9 Å². The Kier molecular flexibility index (Phi) is 18.5. The number of amides is 2. The lowest BCUT2D eigenvalue weighted by Gasteiger charge is -2.29. The van der Waals surface area contributed by atoms with Crippen molar-refractivity contribution < 1.29 is 27.2 Å². The SMILES string of the molecule is CCCCC(CC)CCc1cc(F)c(-c2ccc(C3=C4C(=O)N(CC(CC)CCCC)C(c5ccc(-c6c(F)cc(CCC(C)C)cc6F)s5)=C4C(=O)N3CC(CC)CCCC)s2)c(F)c1. The third-order valence-corrected chi connectivity index (χ3v) is 16.1. The minimum Gasteiger partial charge on any atom is -0.306 e. The molecule has 2 aromatic heterocycles. The molecule has 4 nitrogen and oxygen atoms in total. The van der Waals surface area contributed by atoms with Crippen LogP contribution in [0.4, 0.5) is 17.6 Å². The first-order valence-electron chi connectivity index (χ1n) is 25.1. The van der Waals surface area contributed by atoms with Crippen LogP contribution in [0.1, 0.15) is 166 Å². The number of hydrogen-bond donors (Lipinski definition) is 0. The van der Waals surface area contributed by atoms with Crippen LogP contribution in [0.25, 0.3) is 32.3 Å². The predicted molar refractivity (Wildman–Crippen MR) is 268 cm³/mol. The van der Waals surface area contributed by atoms with E-state index in [2.05, 4.69) is 55.4 Å². The third kappa shape index (κ3) is 11.6. The molecule has 0 bridgehead atoms.